The molecule has 1 aliphatic rings. The number of nitrogens with one attached hydrogen (secondary N) is 1. The van der Waals surface area contributed by atoms with Gasteiger partial charge in [-0.25, -0.2) is 4.79 Å². The van der Waals surface area contributed by atoms with Gasteiger partial charge in [-0.05, 0) is 37.3 Å². The maximum Gasteiger partial charge on any atom is 0.416 e. The SMILES string of the molecule is CCCC(C)(NC(=O)C1CC1c1cccc(C(F)(F)F)c1)C(=O)O. The standard InChI is InChI=1S/C17H20F3NO3/c1-3-7-16(2,15(23)24)21-14(22)13-9-12(13)10-5-4-6-11(8-10)17(18,19)20/h4-6,8,12-13H,3,7,9H2,1-2H3,(H,21,22)(H,23,24). The minimum atomic E-state index is -4.42. The second kappa shape index (κ2) is 6.45. The number of rotatable bonds is 6. The molecule has 0 spiro atoms. The zero-order chi connectivity index (χ0) is 18.1. The predicted octanol–water partition coefficient (Wildman–Crippen LogP) is 3.57. The second-order valence-corrected chi connectivity index (χ2v) is 6.45. The molecule has 3 atom stereocenters. The summed E-state index contributed by atoms with van der Waals surface area (Å²) >= 11 is 0. The summed E-state index contributed by atoms with van der Waals surface area (Å²) in [5.74, 6) is -2.32. The Morgan fingerprint density at radius 1 is 1.33 bits per heavy atom. The lowest BCUT2D eigenvalue weighted by Gasteiger charge is -2.25. The molecule has 1 aliphatic carbocycles. The summed E-state index contributed by atoms with van der Waals surface area (Å²) in [6, 6.07) is 4.93. The number of carboxylic acids is 1. The molecule has 132 valence electrons. The van der Waals surface area contributed by atoms with Crippen LogP contribution in [0.3, 0.4) is 0 Å². The molecule has 0 saturated heterocycles. The van der Waals surface area contributed by atoms with Crippen LogP contribution in [0.25, 0.3) is 0 Å². The molecule has 2 rings (SSSR count). The normalized spacial score (nSPS) is 22.5. The lowest BCUT2D eigenvalue weighted by molar-refractivity contribution is -0.147. The Morgan fingerprint density at radius 3 is 2.54 bits per heavy atom. The first-order valence-corrected chi connectivity index (χ1v) is 7.81. The van der Waals surface area contributed by atoms with Gasteiger partial charge in [-0.3, -0.25) is 4.79 Å². The molecule has 1 saturated carbocycles. The Bertz CT molecular complexity index is 644. The van der Waals surface area contributed by atoms with Crippen LogP contribution in [0.4, 0.5) is 13.2 Å². The zero-order valence-electron chi connectivity index (χ0n) is 13.5. The van der Waals surface area contributed by atoms with Crippen molar-refractivity contribution in [2.45, 2.75) is 50.7 Å². The van der Waals surface area contributed by atoms with E-state index in [4.69, 9.17) is 0 Å². The Morgan fingerprint density at radius 2 is 2.00 bits per heavy atom. The van der Waals surface area contributed by atoms with E-state index in [0.29, 0.717) is 18.4 Å². The molecular weight excluding hydrogens is 323 g/mol. The fourth-order valence-corrected chi connectivity index (χ4v) is 2.89. The minimum absolute atomic E-state index is 0.287. The number of alkyl halides is 3. The highest BCUT2D eigenvalue weighted by Crippen LogP contribution is 2.48. The van der Waals surface area contributed by atoms with Crippen molar-refractivity contribution in [2.24, 2.45) is 5.92 Å². The molecule has 2 N–H and O–H groups in total. The van der Waals surface area contributed by atoms with Crippen molar-refractivity contribution in [3.63, 3.8) is 0 Å². The van der Waals surface area contributed by atoms with Gasteiger partial charge in [0, 0.05) is 5.92 Å². The Labute approximate surface area is 138 Å². The van der Waals surface area contributed by atoms with E-state index in [1.807, 2.05) is 6.92 Å². The monoisotopic (exact) mass is 343 g/mol. The van der Waals surface area contributed by atoms with E-state index in [1.165, 1.54) is 13.0 Å². The van der Waals surface area contributed by atoms with E-state index in [1.54, 1.807) is 6.07 Å². The van der Waals surface area contributed by atoms with Gasteiger partial charge in [-0.1, -0.05) is 31.5 Å². The predicted molar refractivity (Wildman–Crippen MR) is 81.4 cm³/mol. The third-order valence-corrected chi connectivity index (χ3v) is 4.39. The van der Waals surface area contributed by atoms with Crippen molar-refractivity contribution in [3.8, 4) is 0 Å². The lowest BCUT2D eigenvalue weighted by atomic mass is 9.95. The molecule has 0 bridgehead atoms. The summed E-state index contributed by atoms with van der Waals surface area (Å²) in [7, 11) is 0. The average molecular weight is 343 g/mol. The summed E-state index contributed by atoms with van der Waals surface area (Å²) in [4.78, 5) is 23.6. The first kappa shape index (κ1) is 18.3. The van der Waals surface area contributed by atoms with Gasteiger partial charge < -0.3 is 10.4 Å². The molecule has 4 nitrogen and oxygen atoms in total. The topological polar surface area (TPSA) is 66.4 Å². The number of benzene rings is 1. The van der Waals surface area contributed by atoms with E-state index in [9.17, 15) is 27.9 Å². The Hall–Kier alpha value is -2.05. The summed E-state index contributed by atoms with van der Waals surface area (Å²) in [5.41, 5.74) is -1.64. The van der Waals surface area contributed by atoms with Crippen molar-refractivity contribution < 1.29 is 27.9 Å². The molecule has 0 aliphatic heterocycles. The zero-order valence-corrected chi connectivity index (χ0v) is 13.5. The Balaban J connectivity index is 2.07. The molecule has 0 heterocycles. The van der Waals surface area contributed by atoms with E-state index in [-0.39, 0.29) is 12.3 Å². The summed E-state index contributed by atoms with van der Waals surface area (Å²) in [6.07, 6.45) is -3.12. The molecule has 0 aromatic heterocycles. The maximum atomic E-state index is 12.8. The van der Waals surface area contributed by atoms with Crippen LogP contribution < -0.4 is 5.32 Å². The van der Waals surface area contributed by atoms with Crippen LogP contribution in [0.15, 0.2) is 24.3 Å². The number of carboxylic acid groups (broad SMARTS) is 1. The van der Waals surface area contributed by atoms with Crippen LogP contribution in [0.1, 0.15) is 50.2 Å². The second-order valence-electron chi connectivity index (χ2n) is 6.45. The summed E-state index contributed by atoms with van der Waals surface area (Å²) < 4.78 is 38.3. The smallest absolute Gasteiger partial charge is 0.416 e. The number of halogens is 3. The van der Waals surface area contributed by atoms with Crippen molar-refractivity contribution in [3.05, 3.63) is 35.4 Å². The number of amides is 1. The van der Waals surface area contributed by atoms with Gasteiger partial charge in [0.25, 0.3) is 0 Å². The largest absolute Gasteiger partial charge is 0.480 e. The molecule has 1 amide bonds. The van der Waals surface area contributed by atoms with Crippen molar-refractivity contribution >= 4 is 11.9 Å². The molecular formula is C17H20F3NO3. The molecule has 0 radical (unpaired) electrons. The van der Waals surface area contributed by atoms with Crippen LogP contribution in [0.5, 0.6) is 0 Å². The molecule has 24 heavy (non-hydrogen) atoms. The highest BCUT2D eigenvalue weighted by molar-refractivity contribution is 5.89. The number of carbonyl (C=O) groups excluding carboxylic acids is 1. The molecule has 3 unspecified atom stereocenters. The van der Waals surface area contributed by atoms with Gasteiger partial charge in [-0.2, -0.15) is 13.2 Å². The van der Waals surface area contributed by atoms with Crippen molar-refractivity contribution in [1.29, 1.82) is 0 Å². The van der Waals surface area contributed by atoms with E-state index >= 15 is 0 Å². The van der Waals surface area contributed by atoms with Crippen molar-refractivity contribution in [2.75, 3.05) is 0 Å². The van der Waals surface area contributed by atoms with Crippen LogP contribution in [-0.4, -0.2) is 22.5 Å². The fraction of sp³-hybridized carbons (Fsp3) is 0.529. The molecule has 1 aromatic rings. The maximum absolute atomic E-state index is 12.8. The number of carbonyl (C=O) groups is 2. The lowest BCUT2D eigenvalue weighted by Crippen LogP contribution is -2.52. The molecule has 1 fully saturated rings. The van der Waals surface area contributed by atoms with Crippen molar-refractivity contribution in [1.82, 2.24) is 5.32 Å². The third kappa shape index (κ3) is 3.88. The van der Waals surface area contributed by atoms with Crippen LogP contribution >= 0.6 is 0 Å². The highest BCUT2D eigenvalue weighted by atomic mass is 19.4. The van der Waals surface area contributed by atoms with Gasteiger partial charge in [0.1, 0.15) is 5.54 Å². The van der Waals surface area contributed by atoms with Gasteiger partial charge in [0.2, 0.25) is 5.91 Å². The molecule has 1 aromatic carbocycles. The van der Waals surface area contributed by atoms with E-state index in [0.717, 1.165) is 12.1 Å². The summed E-state index contributed by atoms with van der Waals surface area (Å²) in [5, 5.41) is 11.8. The van der Waals surface area contributed by atoms with Crippen LogP contribution in [0, 0.1) is 5.92 Å². The van der Waals surface area contributed by atoms with Crippen LogP contribution in [-0.2, 0) is 15.8 Å². The number of aliphatic carboxylic acids is 1. The number of hydrogen-bond acceptors (Lipinski definition) is 2. The fourth-order valence-electron chi connectivity index (χ4n) is 2.89. The first-order chi connectivity index (χ1) is 11.1. The number of hydrogen-bond donors (Lipinski definition) is 2. The molecule has 7 heteroatoms. The van der Waals surface area contributed by atoms with Crippen LogP contribution in [0.2, 0.25) is 0 Å². The van der Waals surface area contributed by atoms with E-state index in [2.05, 4.69) is 5.32 Å². The highest BCUT2D eigenvalue weighted by Gasteiger charge is 2.47. The summed E-state index contributed by atoms with van der Waals surface area (Å²) in [6.45, 7) is 3.26. The van der Waals surface area contributed by atoms with E-state index < -0.39 is 35.1 Å². The van der Waals surface area contributed by atoms with Gasteiger partial charge in [0.15, 0.2) is 0 Å². The third-order valence-electron chi connectivity index (χ3n) is 4.39. The Kier molecular flexibility index (Phi) is 4.92. The van der Waals surface area contributed by atoms with Gasteiger partial charge in [-0.15, -0.1) is 0 Å². The minimum Gasteiger partial charge on any atom is -0.480 e. The van der Waals surface area contributed by atoms with Gasteiger partial charge >= 0.3 is 12.1 Å². The quantitative estimate of drug-likeness (QED) is 0.830. The van der Waals surface area contributed by atoms with Gasteiger partial charge in [0.05, 0.1) is 5.56 Å². The first-order valence-electron chi connectivity index (χ1n) is 7.81. The average Bonchev–Trinajstić information content (AvgIpc) is 3.27.